The van der Waals surface area contributed by atoms with E-state index in [9.17, 15) is 15.0 Å². The standard InChI is InChI=1S/C14H15ClN2O3S/c1-9(18)21-8-13(19)14(20)10-6-16-17(7-10)12-4-2-3-11(15)5-12/h2-7,13-14,19-20H,8H2,1H3. The average molecular weight is 327 g/mol. The molecule has 2 aromatic rings. The second-order valence-electron chi connectivity index (χ2n) is 4.51. The van der Waals surface area contributed by atoms with Gasteiger partial charge in [-0.1, -0.05) is 29.4 Å². The van der Waals surface area contributed by atoms with Gasteiger partial charge in [0.15, 0.2) is 5.12 Å². The van der Waals surface area contributed by atoms with E-state index in [1.54, 1.807) is 29.1 Å². The molecule has 7 heteroatoms. The van der Waals surface area contributed by atoms with Gasteiger partial charge in [-0.25, -0.2) is 4.68 Å². The molecule has 0 radical (unpaired) electrons. The summed E-state index contributed by atoms with van der Waals surface area (Å²) in [5.74, 6) is 0.138. The molecule has 0 saturated heterocycles. The van der Waals surface area contributed by atoms with Crippen LogP contribution in [0.5, 0.6) is 0 Å². The Bertz CT molecular complexity index is 632. The van der Waals surface area contributed by atoms with Crippen LogP contribution in [0.2, 0.25) is 5.02 Å². The van der Waals surface area contributed by atoms with Crippen molar-refractivity contribution < 1.29 is 15.0 Å². The molecule has 2 rings (SSSR count). The molecule has 112 valence electrons. The molecule has 0 saturated carbocycles. The largest absolute Gasteiger partial charge is 0.389 e. The maximum absolute atomic E-state index is 10.9. The predicted octanol–water partition coefficient (Wildman–Crippen LogP) is 2.20. The van der Waals surface area contributed by atoms with Crippen molar-refractivity contribution in [3.8, 4) is 5.69 Å². The molecule has 0 spiro atoms. The molecule has 0 aliphatic carbocycles. The lowest BCUT2D eigenvalue weighted by atomic mass is 10.1. The highest BCUT2D eigenvalue weighted by Gasteiger charge is 2.20. The van der Waals surface area contributed by atoms with E-state index >= 15 is 0 Å². The van der Waals surface area contributed by atoms with Gasteiger partial charge in [-0.2, -0.15) is 5.10 Å². The number of hydrogen-bond donors (Lipinski definition) is 2. The fraction of sp³-hybridized carbons (Fsp3) is 0.286. The lowest BCUT2D eigenvalue weighted by molar-refractivity contribution is -0.109. The Labute approximate surface area is 131 Å². The quantitative estimate of drug-likeness (QED) is 0.881. The summed E-state index contributed by atoms with van der Waals surface area (Å²) in [5, 5.41) is 24.5. The molecule has 2 atom stereocenters. The fourth-order valence-electron chi connectivity index (χ4n) is 1.77. The summed E-state index contributed by atoms with van der Waals surface area (Å²) in [7, 11) is 0. The average Bonchev–Trinajstić information content (AvgIpc) is 2.93. The van der Waals surface area contributed by atoms with Gasteiger partial charge in [-0.15, -0.1) is 0 Å². The number of aliphatic hydroxyl groups is 2. The summed E-state index contributed by atoms with van der Waals surface area (Å²) in [5.41, 5.74) is 1.24. The number of thioether (sulfide) groups is 1. The zero-order valence-corrected chi connectivity index (χ0v) is 12.9. The molecule has 21 heavy (non-hydrogen) atoms. The third-order valence-electron chi connectivity index (χ3n) is 2.84. The van der Waals surface area contributed by atoms with Crippen LogP contribution in [0.15, 0.2) is 36.7 Å². The van der Waals surface area contributed by atoms with Crippen molar-refractivity contribution in [1.29, 1.82) is 0 Å². The number of halogens is 1. The van der Waals surface area contributed by atoms with Crippen molar-refractivity contribution in [2.24, 2.45) is 0 Å². The smallest absolute Gasteiger partial charge is 0.185 e. The highest BCUT2D eigenvalue weighted by atomic mass is 35.5. The van der Waals surface area contributed by atoms with E-state index in [0.29, 0.717) is 10.6 Å². The highest BCUT2D eigenvalue weighted by molar-refractivity contribution is 8.13. The zero-order valence-electron chi connectivity index (χ0n) is 11.3. The summed E-state index contributed by atoms with van der Waals surface area (Å²) in [6.45, 7) is 1.42. The van der Waals surface area contributed by atoms with Gasteiger partial charge < -0.3 is 10.2 Å². The third kappa shape index (κ3) is 4.31. The first-order valence-corrected chi connectivity index (χ1v) is 7.63. The minimum absolute atomic E-state index is 0.101. The van der Waals surface area contributed by atoms with Crippen molar-refractivity contribution in [2.75, 3.05) is 5.75 Å². The second kappa shape index (κ2) is 7.09. The molecule has 1 heterocycles. The van der Waals surface area contributed by atoms with Crippen LogP contribution in [-0.4, -0.2) is 37.0 Å². The van der Waals surface area contributed by atoms with Crippen molar-refractivity contribution in [2.45, 2.75) is 19.1 Å². The third-order valence-corrected chi connectivity index (χ3v) is 3.99. The zero-order chi connectivity index (χ0) is 15.4. The summed E-state index contributed by atoms with van der Waals surface area (Å²) in [6.07, 6.45) is 0.978. The van der Waals surface area contributed by atoms with Crippen molar-refractivity contribution >= 4 is 28.5 Å². The number of rotatable bonds is 5. The van der Waals surface area contributed by atoms with Crippen LogP contribution in [0.1, 0.15) is 18.6 Å². The molecule has 2 unspecified atom stereocenters. The molecule has 0 aliphatic rings. The van der Waals surface area contributed by atoms with E-state index < -0.39 is 12.2 Å². The summed E-state index contributed by atoms with van der Waals surface area (Å²) < 4.78 is 1.56. The van der Waals surface area contributed by atoms with Crippen molar-refractivity contribution in [3.05, 3.63) is 47.2 Å². The topological polar surface area (TPSA) is 75.3 Å². The van der Waals surface area contributed by atoms with Gasteiger partial charge >= 0.3 is 0 Å². The first-order chi connectivity index (χ1) is 9.97. The minimum Gasteiger partial charge on any atom is -0.389 e. The molecule has 0 amide bonds. The number of nitrogens with zero attached hydrogens (tertiary/aromatic N) is 2. The molecule has 0 fully saturated rings. The molecular formula is C14H15ClN2O3S. The first-order valence-electron chi connectivity index (χ1n) is 6.27. The SMILES string of the molecule is CC(=O)SCC(O)C(O)c1cnn(-c2cccc(Cl)c2)c1. The van der Waals surface area contributed by atoms with Crippen LogP contribution in [0.4, 0.5) is 0 Å². The van der Waals surface area contributed by atoms with Gasteiger partial charge in [0.2, 0.25) is 0 Å². The van der Waals surface area contributed by atoms with Gasteiger partial charge in [-0.05, 0) is 18.2 Å². The summed E-state index contributed by atoms with van der Waals surface area (Å²) >= 11 is 6.89. The number of aromatic nitrogens is 2. The van der Waals surface area contributed by atoms with E-state index in [0.717, 1.165) is 17.4 Å². The second-order valence-corrected chi connectivity index (χ2v) is 6.15. The normalized spacial score (nSPS) is 13.9. The number of carbonyl (C=O) groups is 1. The summed E-state index contributed by atoms with van der Waals surface area (Å²) in [6, 6.07) is 7.13. The molecule has 0 bridgehead atoms. The Kier molecular flexibility index (Phi) is 5.41. The van der Waals surface area contributed by atoms with Crippen LogP contribution in [0.25, 0.3) is 5.69 Å². The van der Waals surface area contributed by atoms with Crippen LogP contribution in [-0.2, 0) is 4.79 Å². The Morgan fingerprint density at radius 2 is 2.24 bits per heavy atom. The van der Waals surface area contributed by atoms with Gasteiger partial charge in [0.05, 0.1) is 18.0 Å². The molecule has 0 aliphatic heterocycles. The summed E-state index contributed by atoms with van der Waals surface area (Å²) in [4.78, 5) is 10.9. The first kappa shape index (κ1) is 16.0. The molecule has 1 aromatic carbocycles. The number of carbonyl (C=O) groups excluding carboxylic acids is 1. The number of hydrogen-bond acceptors (Lipinski definition) is 5. The maximum Gasteiger partial charge on any atom is 0.185 e. The van der Waals surface area contributed by atoms with Crippen LogP contribution < -0.4 is 0 Å². The Balaban J connectivity index is 2.10. The van der Waals surface area contributed by atoms with E-state index in [1.807, 2.05) is 6.07 Å². The highest BCUT2D eigenvalue weighted by Crippen LogP contribution is 2.21. The minimum atomic E-state index is -1.09. The monoisotopic (exact) mass is 326 g/mol. The fourth-order valence-corrected chi connectivity index (χ4v) is 2.54. The number of aliphatic hydroxyl groups excluding tert-OH is 2. The lowest BCUT2D eigenvalue weighted by Crippen LogP contribution is -2.21. The molecular weight excluding hydrogens is 312 g/mol. The Morgan fingerprint density at radius 1 is 1.48 bits per heavy atom. The van der Waals surface area contributed by atoms with E-state index in [4.69, 9.17) is 11.6 Å². The molecule has 5 nitrogen and oxygen atoms in total. The van der Waals surface area contributed by atoms with Gasteiger partial charge in [0.1, 0.15) is 6.10 Å². The van der Waals surface area contributed by atoms with Crippen molar-refractivity contribution in [1.82, 2.24) is 9.78 Å². The molecule has 2 N–H and O–H groups in total. The van der Waals surface area contributed by atoms with E-state index in [2.05, 4.69) is 5.10 Å². The lowest BCUT2D eigenvalue weighted by Gasteiger charge is -2.15. The van der Waals surface area contributed by atoms with Gasteiger partial charge in [0, 0.05) is 29.5 Å². The van der Waals surface area contributed by atoms with E-state index in [1.165, 1.54) is 13.1 Å². The number of benzene rings is 1. The van der Waals surface area contributed by atoms with Gasteiger partial charge in [-0.3, -0.25) is 4.79 Å². The maximum atomic E-state index is 10.9. The Morgan fingerprint density at radius 3 is 2.90 bits per heavy atom. The van der Waals surface area contributed by atoms with Gasteiger partial charge in [0.25, 0.3) is 0 Å². The van der Waals surface area contributed by atoms with Crippen LogP contribution >= 0.6 is 23.4 Å². The van der Waals surface area contributed by atoms with Crippen LogP contribution in [0.3, 0.4) is 0 Å². The molecule has 1 aromatic heterocycles. The Hall–Kier alpha value is -1.34. The van der Waals surface area contributed by atoms with Crippen molar-refractivity contribution in [3.63, 3.8) is 0 Å². The van der Waals surface area contributed by atoms with E-state index in [-0.39, 0.29) is 10.9 Å². The van der Waals surface area contributed by atoms with Crippen LogP contribution in [0, 0.1) is 0 Å². The predicted molar refractivity (Wildman–Crippen MR) is 82.7 cm³/mol.